The molecule has 0 aliphatic carbocycles. The summed E-state index contributed by atoms with van der Waals surface area (Å²) in [5.41, 5.74) is 1.79. The second-order valence-electron chi connectivity index (χ2n) is 4.50. The molecule has 108 valence electrons. The van der Waals surface area contributed by atoms with Crippen molar-refractivity contribution in [1.29, 1.82) is 5.26 Å². The topological polar surface area (TPSA) is 80.8 Å². The molecular formula is C16H12N4O2. The highest BCUT2D eigenvalue weighted by Gasteiger charge is 2.20. The third-order valence-electron chi connectivity index (χ3n) is 3.22. The van der Waals surface area contributed by atoms with Gasteiger partial charge >= 0.3 is 5.97 Å². The molecule has 0 N–H and O–H groups in total. The average Bonchev–Trinajstić information content (AvgIpc) is 2.98. The van der Waals surface area contributed by atoms with Crippen molar-refractivity contribution in [3.05, 3.63) is 54.0 Å². The molecule has 0 amide bonds. The molecule has 0 radical (unpaired) electrons. The van der Waals surface area contributed by atoms with Crippen molar-refractivity contribution in [3.8, 4) is 11.8 Å². The first-order valence-corrected chi connectivity index (χ1v) is 6.75. The summed E-state index contributed by atoms with van der Waals surface area (Å²) in [5.74, 6) is -0.552. The zero-order valence-electron chi connectivity index (χ0n) is 11.9. The van der Waals surface area contributed by atoms with Crippen LogP contribution in [0.4, 0.5) is 0 Å². The summed E-state index contributed by atoms with van der Waals surface area (Å²) in [4.78, 5) is 16.2. The van der Waals surface area contributed by atoms with Crippen LogP contribution >= 0.6 is 0 Å². The van der Waals surface area contributed by atoms with E-state index in [1.165, 1.54) is 10.9 Å². The minimum absolute atomic E-state index is 0.148. The van der Waals surface area contributed by atoms with Gasteiger partial charge in [-0.25, -0.2) is 9.48 Å². The van der Waals surface area contributed by atoms with Crippen LogP contribution in [0.3, 0.4) is 0 Å². The van der Waals surface area contributed by atoms with Gasteiger partial charge in [-0.15, -0.1) is 0 Å². The second-order valence-corrected chi connectivity index (χ2v) is 4.50. The van der Waals surface area contributed by atoms with Crippen LogP contribution in [0.2, 0.25) is 0 Å². The Morgan fingerprint density at radius 2 is 2.23 bits per heavy atom. The number of hydrogen-bond donors (Lipinski definition) is 0. The molecule has 2 heterocycles. The lowest BCUT2D eigenvalue weighted by Gasteiger charge is -2.07. The van der Waals surface area contributed by atoms with Crippen LogP contribution in [0, 0.1) is 11.3 Å². The molecule has 3 rings (SSSR count). The van der Waals surface area contributed by atoms with Crippen molar-refractivity contribution in [2.45, 2.75) is 6.92 Å². The van der Waals surface area contributed by atoms with Gasteiger partial charge in [0.1, 0.15) is 11.6 Å². The smallest absolute Gasteiger partial charge is 0.342 e. The third-order valence-corrected chi connectivity index (χ3v) is 3.22. The maximum absolute atomic E-state index is 11.9. The zero-order chi connectivity index (χ0) is 15.5. The number of aromatic nitrogens is 3. The Hall–Kier alpha value is -3.20. The summed E-state index contributed by atoms with van der Waals surface area (Å²) < 4.78 is 6.39. The summed E-state index contributed by atoms with van der Waals surface area (Å²) >= 11 is 0. The molecule has 0 bridgehead atoms. The van der Waals surface area contributed by atoms with Gasteiger partial charge in [0.25, 0.3) is 0 Å². The molecule has 0 aliphatic rings. The molecule has 0 saturated carbocycles. The lowest BCUT2D eigenvalue weighted by atomic mass is 10.1. The number of ether oxygens (including phenoxy) is 1. The quantitative estimate of drug-likeness (QED) is 0.693. The fourth-order valence-electron chi connectivity index (χ4n) is 2.27. The first kappa shape index (κ1) is 13.8. The van der Waals surface area contributed by atoms with E-state index in [0.29, 0.717) is 5.69 Å². The first-order valence-electron chi connectivity index (χ1n) is 6.75. The first-order chi connectivity index (χ1) is 10.8. The van der Waals surface area contributed by atoms with E-state index in [0.717, 1.165) is 10.9 Å². The summed E-state index contributed by atoms with van der Waals surface area (Å²) in [6.07, 6.45) is 3.05. The monoisotopic (exact) mass is 292 g/mol. The molecule has 6 heteroatoms. The molecular weight excluding hydrogens is 280 g/mol. The summed E-state index contributed by atoms with van der Waals surface area (Å²) in [5, 5.41) is 14.4. The highest BCUT2D eigenvalue weighted by molar-refractivity contribution is 5.92. The van der Waals surface area contributed by atoms with E-state index >= 15 is 0 Å². The van der Waals surface area contributed by atoms with Crippen molar-refractivity contribution in [2.75, 3.05) is 6.61 Å². The number of carbonyl (C=O) groups is 1. The van der Waals surface area contributed by atoms with Gasteiger partial charge in [0.05, 0.1) is 24.0 Å². The number of nitrogens with zero attached hydrogens (tertiary/aromatic N) is 4. The number of nitriles is 1. The molecule has 0 unspecified atom stereocenters. The van der Waals surface area contributed by atoms with Crippen LogP contribution in [-0.2, 0) is 4.74 Å². The molecule has 0 fully saturated rings. The molecule has 2 aromatic heterocycles. The van der Waals surface area contributed by atoms with Gasteiger partial charge in [0.2, 0.25) is 0 Å². The molecule has 0 spiro atoms. The van der Waals surface area contributed by atoms with Crippen LogP contribution in [0.1, 0.15) is 23.0 Å². The van der Waals surface area contributed by atoms with E-state index in [4.69, 9.17) is 4.74 Å². The third kappa shape index (κ3) is 2.19. The van der Waals surface area contributed by atoms with Crippen LogP contribution in [0.25, 0.3) is 16.6 Å². The number of esters is 1. The predicted molar refractivity (Wildman–Crippen MR) is 79.5 cm³/mol. The van der Waals surface area contributed by atoms with Gasteiger partial charge in [-0.05, 0) is 31.2 Å². The van der Waals surface area contributed by atoms with Crippen molar-refractivity contribution in [3.63, 3.8) is 0 Å². The Balaban J connectivity index is 2.20. The van der Waals surface area contributed by atoms with E-state index < -0.39 is 5.97 Å². The van der Waals surface area contributed by atoms with Crippen molar-refractivity contribution in [2.24, 2.45) is 0 Å². The Bertz CT molecular complexity index is 887. The fraction of sp³-hybridized carbons (Fsp3) is 0.125. The van der Waals surface area contributed by atoms with Gasteiger partial charge in [0, 0.05) is 11.6 Å². The molecule has 3 aromatic rings. The molecule has 22 heavy (non-hydrogen) atoms. The van der Waals surface area contributed by atoms with Crippen molar-refractivity contribution >= 4 is 16.9 Å². The second kappa shape index (κ2) is 5.66. The SMILES string of the molecule is CCOC(=O)c1cnn(-c2cccc3ncccc23)c1C#N. The minimum Gasteiger partial charge on any atom is -0.462 e. The molecule has 1 aromatic carbocycles. The minimum atomic E-state index is -0.552. The standard InChI is InChI=1S/C16H12N4O2/c1-2-22-16(21)12-10-19-20(15(12)9-17)14-7-3-6-13-11(14)5-4-8-18-13/h3-8,10H,2H2,1H3. The Morgan fingerprint density at radius 3 is 3.00 bits per heavy atom. The van der Waals surface area contributed by atoms with E-state index in [2.05, 4.69) is 10.1 Å². The van der Waals surface area contributed by atoms with E-state index in [1.807, 2.05) is 36.4 Å². The Morgan fingerprint density at radius 1 is 1.36 bits per heavy atom. The predicted octanol–water partition coefficient (Wildman–Crippen LogP) is 2.47. The highest BCUT2D eigenvalue weighted by atomic mass is 16.5. The van der Waals surface area contributed by atoms with E-state index in [1.54, 1.807) is 13.1 Å². The maximum atomic E-state index is 11.9. The van der Waals surface area contributed by atoms with Gasteiger partial charge in [-0.2, -0.15) is 10.4 Å². The zero-order valence-corrected chi connectivity index (χ0v) is 11.9. The largest absolute Gasteiger partial charge is 0.462 e. The Kier molecular flexibility index (Phi) is 3.54. The number of carbonyl (C=O) groups excluding carboxylic acids is 1. The molecule has 0 saturated heterocycles. The normalized spacial score (nSPS) is 10.4. The number of hydrogen-bond acceptors (Lipinski definition) is 5. The van der Waals surface area contributed by atoms with Gasteiger partial charge in [-0.3, -0.25) is 4.98 Å². The summed E-state index contributed by atoms with van der Waals surface area (Å²) in [6, 6.07) is 11.3. The van der Waals surface area contributed by atoms with Crippen LogP contribution in [0.15, 0.2) is 42.7 Å². The summed E-state index contributed by atoms with van der Waals surface area (Å²) in [7, 11) is 0. The average molecular weight is 292 g/mol. The van der Waals surface area contributed by atoms with Gasteiger partial charge in [-0.1, -0.05) is 6.07 Å². The van der Waals surface area contributed by atoms with Crippen LogP contribution < -0.4 is 0 Å². The van der Waals surface area contributed by atoms with Crippen molar-refractivity contribution in [1.82, 2.24) is 14.8 Å². The lowest BCUT2D eigenvalue weighted by molar-refractivity contribution is 0.0526. The van der Waals surface area contributed by atoms with Crippen molar-refractivity contribution < 1.29 is 9.53 Å². The van der Waals surface area contributed by atoms with E-state index in [9.17, 15) is 10.1 Å². The Labute approximate surface area is 126 Å². The number of benzene rings is 1. The number of pyridine rings is 1. The molecule has 0 atom stereocenters. The van der Waals surface area contributed by atoms with Gasteiger partial charge < -0.3 is 4.74 Å². The van der Waals surface area contributed by atoms with E-state index in [-0.39, 0.29) is 17.9 Å². The molecule has 6 nitrogen and oxygen atoms in total. The lowest BCUT2D eigenvalue weighted by Crippen LogP contribution is -2.07. The number of fused-ring (bicyclic) bond motifs is 1. The number of rotatable bonds is 3. The van der Waals surface area contributed by atoms with Crippen LogP contribution in [-0.4, -0.2) is 27.3 Å². The van der Waals surface area contributed by atoms with Crippen LogP contribution in [0.5, 0.6) is 0 Å². The fourth-order valence-corrected chi connectivity index (χ4v) is 2.27. The molecule has 0 aliphatic heterocycles. The summed E-state index contributed by atoms with van der Waals surface area (Å²) in [6.45, 7) is 1.96. The van der Waals surface area contributed by atoms with Gasteiger partial charge in [0.15, 0.2) is 5.69 Å². The maximum Gasteiger partial charge on any atom is 0.342 e. The highest BCUT2D eigenvalue weighted by Crippen LogP contribution is 2.22.